The molecular weight excluding hydrogens is 664 g/mol. The first kappa shape index (κ1) is 35.7. The van der Waals surface area contributed by atoms with Crippen molar-refractivity contribution in [1.82, 2.24) is 9.47 Å². The van der Waals surface area contributed by atoms with Crippen LogP contribution in [-0.4, -0.2) is 51.9 Å². The van der Waals surface area contributed by atoms with Gasteiger partial charge in [-0.15, -0.1) is 0 Å². The molecule has 1 aliphatic rings. The van der Waals surface area contributed by atoms with E-state index in [1.807, 2.05) is 91.0 Å². The molecule has 12 nitrogen and oxygen atoms in total. The fourth-order valence-electron chi connectivity index (χ4n) is 6.63. The highest BCUT2D eigenvalue weighted by Crippen LogP contribution is 2.37. The maximum absolute atomic E-state index is 13.8. The summed E-state index contributed by atoms with van der Waals surface area (Å²) >= 11 is 0. The number of amides is 2. The number of nitrogens with two attached hydrogens (primary N) is 1. The summed E-state index contributed by atoms with van der Waals surface area (Å²) in [7, 11) is 1.45. The van der Waals surface area contributed by atoms with Crippen LogP contribution >= 0.6 is 0 Å². The number of fused-ring (bicyclic) bond motifs is 1. The molecule has 1 aliphatic carbocycles. The topological polar surface area (TPSA) is 166 Å². The Morgan fingerprint density at radius 3 is 2.42 bits per heavy atom. The molecule has 0 radical (unpaired) electrons. The van der Waals surface area contributed by atoms with Gasteiger partial charge in [0.2, 0.25) is 0 Å². The van der Waals surface area contributed by atoms with Gasteiger partial charge in [-0.25, -0.2) is 14.4 Å². The molecule has 0 spiro atoms. The maximum atomic E-state index is 13.8. The fraction of sp³-hybridized carbons (Fsp3) is 0.250. The van der Waals surface area contributed by atoms with Crippen LogP contribution in [0.1, 0.15) is 53.6 Å². The zero-order valence-corrected chi connectivity index (χ0v) is 28.7. The number of hydrogen-bond donors (Lipinski definition) is 3. The van der Waals surface area contributed by atoms with Crippen LogP contribution in [0, 0.1) is 0 Å². The predicted octanol–water partition coefficient (Wildman–Crippen LogP) is 7.51. The van der Waals surface area contributed by atoms with Crippen LogP contribution in [-0.2, 0) is 17.8 Å². The van der Waals surface area contributed by atoms with Crippen molar-refractivity contribution in [2.24, 2.45) is 5.73 Å². The second kappa shape index (κ2) is 15.8. The number of benzene rings is 4. The van der Waals surface area contributed by atoms with E-state index in [0.29, 0.717) is 54.6 Å². The number of carboxylic acid groups (broad SMARTS) is 1. The highest BCUT2D eigenvalue weighted by atomic mass is 16.6. The summed E-state index contributed by atoms with van der Waals surface area (Å²) in [5.41, 5.74) is 9.50. The standard InChI is InChI=1S/C40H40N4O8/c1-50-35-24-34-36(23-30(35)26-45)51-39(49)43(34)21-9-8-10-27-15-16-32(29-13-6-3-7-14-29)33(22-27)42-37(46)52-40(19-17-31(41)18-20-40)44(38(47)48)25-28-11-4-2-5-12-28/h2-8,10-16,22-24,26,31H,9,17-21,25,41H2,1H3,(H,42,46)(H,47,48)/b10-8+. The number of nitrogens with zero attached hydrogens (tertiary/aromatic N) is 2. The molecule has 52 heavy (non-hydrogen) atoms. The zero-order valence-electron chi connectivity index (χ0n) is 28.7. The van der Waals surface area contributed by atoms with E-state index in [1.54, 1.807) is 6.07 Å². The maximum Gasteiger partial charge on any atom is 0.419 e. The van der Waals surface area contributed by atoms with Crippen molar-refractivity contribution in [2.45, 2.75) is 57.0 Å². The van der Waals surface area contributed by atoms with E-state index < -0.39 is 23.7 Å². The number of aryl methyl sites for hydroxylation is 1. The molecule has 4 N–H and O–H groups in total. The first-order valence-electron chi connectivity index (χ1n) is 17.0. The summed E-state index contributed by atoms with van der Waals surface area (Å²) in [5.74, 6) is -0.205. The Labute approximate surface area is 300 Å². The number of rotatable bonds is 12. The van der Waals surface area contributed by atoms with Crippen molar-refractivity contribution in [3.63, 3.8) is 0 Å². The largest absolute Gasteiger partial charge is 0.496 e. The van der Waals surface area contributed by atoms with Crippen molar-refractivity contribution in [3.05, 3.63) is 124 Å². The normalized spacial score (nSPS) is 17.2. The van der Waals surface area contributed by atoms with Gasteiger partial charge in [-0.3, -0.25) is 19.6 Å². The molecule has 4 aromatic carbocycles. The van der Waals surface area contributed by atoms with Gasteiger partial charge in [0.25, 0.3) is 0 Å². The second-order valence-corrected chi connectivity index (χ2v) is 12.7. The monoisotopic (exact) mass is 704 g/mol. The fourth-order valence-corrected chi connectivity index (χ4v) is 6.63. The summed E-state index contributed by atoms with van der Waals surface area (Å²) in [6, 6.07) is 27.3. The highest BCUT2D eigenvalue weighted by Gasteiger charge is 2.46. The van der Waals surface area contributed by atoms with Crippen molar-refractivity contribution >= 4 is 41.3 Å². The Bertz CT molecular complexity index is 2130. The number of allylic oxidation sites excluding steroid dienone is 1. The van der Waals surface area contributed by atoms with E-state index in [1.165, 1.54) is 22.6 Å². The average Bonchev–Trinajstić information content (AvgIpc) is 3.46. The molecule has 0 unspecified atom stereocenters. The Hall–Kier alpha value is -6.14. The smallest absolute Gasteiger partial charge is 0.419 e. The van der Waals surface area contributed by atoms with Crippen LogP contribution in [0.4, 0.5) is 15.3 Å². The van der Waals surface area contributed by atoms with E-state index in [2.05, 4.69) is 5.32 Å². The molecule has 0 atom stereocenters. The quantitative estimate of drug-likeness (QED) is 0.0880. The predicted molar refractivity (Wildman–Crippen MR) is 197 cm³/mol. The average molecular weight is 705 g/mol. The molecule has 1 fully saturated rings. The Morgan fingerprint density at radius 1 is 1.04 bits per heavy atom. The first-order valence-corrected chi connectivity index (χ1v) is 17.0. The van der Waals surface area contributed by atoms with Gasteiger partial charge in [-0.1, -0.05) is 84.9 Å². The minimum atomic E-state index is -1.42. The summed E-state index contributed by atoms with van der Waals surface area (Å²) in [6.45, 7) is 0.350. The van der Waals surface area contributed by atoms with Crippen molar-refractivity contribution in [1.29, 1.82) is 0 Å². The van der Waals surface area contributed by atoms with E-state index in [0.717, 1.165) is 22.3 Å². The number of carbonyl (C=O) groups excluding carboxylic acids is 2. The van der Waals surface area contributed by atoms with E-state index in [4.69, 9.17) is 19.6 Å². The van der Waals surface area contributed by atoms with Gasteiger partial charge in [0.15, 0.2) is 17.6 Å². The van der Waals surface area contributed by atoms with Crippen LogP contribution in [0.5, 0.6) is 5.75 Å². The van der Waals surface area contributed by atoms with E-state index >= 15 is 0 Å². The molecule has 5 aromatic rings. The van der Waals surface area contributed by atoms with E-state index in [-0.39, 0.29) is 31.0 Å². The van der Waals surface area contributed by atoms with Crippen molar-refractivity contribution in [3.8, 4) is 16.9 Å². The molecule has 1 aromatic heterocycles. The molecule has 12 heteroatoms. The number of ether oxygens (including phenoxy) is 2. The number of carbonyl (C=O) groups is 3. The lowest BCUT2D eigenvalue weighted by molar-refractivity contribution is -0.121. The zero-order chi connectivity index (χ0) is 36.7. The number of anilines is 1. The molecule has 268 valence electrons. The highest BCUT2D eigenvalue weighted by molar-refractivity contribution is 5.93. The van der Waals surface area contributed by atoms with Crippen LogP contribution < -0.4 is 21.5 Å². The SMILES string of the molecule is COc1cc2c(cc1C=O)oc(=O)n2CC/C=C/c1ccc(-c2ccccc2)c(NC(=O)OC2(N(Cc3ccccc3)C(=O)O)CCC(N)CC2)c1. The lowest BCUT2D eigenvalue weighted by Gasteiger charge is -2.45. The third-order valence-electron chi connectivity index (χ3n) is 9.34. The van der Waals surface area contributed by atoms with Crippen molar-refractivity contribution < 1.29 is 33.4 Å². The third-order valence-corrected chi connectivity index (χ3v) is 9.34. The summed E-state index contributed by atoms with van der Waals surface area (Å²) < 4.78 is 18.3. The number of aromatic nitrogens is 1. The molecule has 1 saturated carbocycles. The number of hydrogen-bond acceptors (Lipinski definition) is 8. The van der Waals surface area contributed by atoms with Crippen LogP contribution in [0.25, 0.3) is 28.3 Å². The Balaban J connectivity index is 1.24. The summed E-state index contributed by atoms with van der Waals surface area (Å²) in [5, 5.41) is 13.3. The molecule has 0 bridgehead atoms. The summed E-state index contributed by atoms with van der Waals surface area (Å²) in [6.07, 6.45) is 4.41. The Morgan fingerprint density at radius 2 is 1.75 bits per heavy atom. The lowest BCUT2D eigenvalue weighted by Crippen LogP contribution is -2.57. The lowest BCUT2D eigenvalue weighted by atomic mass is 9.87. The summed E-state index contributed by atoms with van der Waals surface area (Å²) in [4.78, 5) is 51.7. The van der Waals surface area contributed by atoms with Crippen LogP contribution in [0.3, 0.4) is 0 Å². The second-order valence-electron chi connectivity index (χ2n) is 12.7. The van der Waals surface area contributed by atoms with Gasteiger partial charge in [0.05, 0.1) is 30.4 Å². The number of aldehydes is 1. The number of methoxy groups -OCH3 is 1. The van der Waals surface area contributed by atoms with Crippen LogP contribution in [0.2, 0.25) is 0 Å². The van der Waals surface area contributed by atoms with Crippen molar-refractivity contribution in [2.75, 3.05) is 12.4 Å². The van der Waals surface area contributed by atoms with Gasteiger partial charge < -0.3 is 24.7 Å². The Kier molecular flexibility index (Phi) is 10.9. The van der Waals surface area contributed by atoms with Gasteiger partial charge >= 0.3 is 17.9 Å². The molecule has 2 amide bonds. The molecule has 0 saturated heterocycles. The minimum absolute atomic E-state index is 0.0439. The van der Waals surface area contributed by atoms with E-state index in [9.17, 15) is 24.3 Å². The van der Waals surface area contributed by atoms with Gasteiger partial charge in [0, 0.05) is 37.1 Å². The van der Waals surface area contributed by atoms with Crippen LogP contribution in [0.15, 0.2) is 106 Å². The van der Waals surface area contributed by atoms with Gasteiger partial charge in [-0.05, 0) is 48.1 Å². The molecule has 1 heterocycles. The molecule has 6 rings (SSSR count). The molecule has 0 aliphatic heterocycles. The van der Waals surface area contributed by atoms with Gasteiger partial charge in [0.1, 0.15) is 5.75 Å². The number of nitrogens with one attached hydrogen (secondary N) is 1. The van der Waals surface area contributed by atoms with Gasteiger partial charge in [-0.2, -0.15) is 0 Å². The first-order chi connectivity index (χ1) is 25.2. The minimum Gasteiger partial charge on any atom is -0.496 e. The number of oxazole rings is 1. The third kappa shape index (κ3) is 7.92. The molecular formula is C40H40N4O8.